The Balaban J connectivity index is 0.000000406. The first-order chi connectivity index (χ1) is 16.0. The molecule has 2 atom stereocenters. The normalized spacial score (nSPS) is 23.3. The SMILES string of the molecule is Cc1nc(CN2CCOCC3(CC(CNc4cccc(F)c4)CO3)C2)cs1.O=C(O)C(F)(F)F. The van der Waals surface area contributed by atoms with Gasteiger partial charge in [0.2, 0.25) is 0 Å². The van der Waals surface area contributed by atoms with E-state index in [1.165, 1.54) is 12.1 Å². The molecule has 12 heteroatoms. The largest absolute Gasteiger partial charge is 0.490 e. The average molecular weight is 506 g/mol. The van der Waals surface area contributed by atoms with Crippen LogP contribution in [0.2, 0.25) is 0 Å². The average Bonchev–Trinajstić information content (AvgIpc) is 3.29. The fourth-order valence-electron chi connectivity index (χ4n) is 3.97. The van der Waals surface area contributed by atoms with Crippen LogP contribution >= 0.6 is 11.3 Å². The van der Waals surface area contributed by atoms with Crippen LogP contribution in [-0.4, -0.2) is 72.2 Å². The molecule has 0 saturated carbocycles. The third kappa shape index (κ3) is 7.90. The molecule has 0 radical (unpaired) electrons. The van der Waals surface area contributed by atoms with Crippen LogP contribution in [0, 0.1) is 18.7 Å². The van der Waals surface area contributed by atoms with E-state index in [1.807, 2.05) is 13.0 Å². The zero-order chi connectivity index (χ0) is 24.8. The molecule has 1 aromatic heterocycles. The summed E-state index contributed by atoms with van der Waals surface area (Å²) in [6.07, 6.45) is -4.14. The van der Waals surface area contributed by atoms with Crippen LogP contribution < -0.4 is 5.32 Å². The molecule has 0 aliphatic carbocycles. The fraction of sp³-hybridized carbons (Fsp3) is 0.545. The Labute approximate surface area is 198 Å². The maximum Gasteiger partial charge on any atom is 0.490 e. The first-order valence-corrected chi connectivity index (χ1v) is 11.6. The number of aryl methyl sites for hydroxylation is 1. The molecule has 188 valence electrons. The number of ether oxygens (including phenoxy) is 2. The lowest BCUT2D eigenvalue weighted by Crippen LogP contribution is -2.44. The van der Waals surface area contributed by atoms with Crippen LogP contribution in [0.4, 0.5) is 23.2 Å². The van der Waals surface area contributed by atoms with E-state index < -0.39 is 12.1 Å². The van der Waals surface area contributed by atoms with Crippen LogP contribution in [-0.2, 0) is 20.8 Å². The number of benzene rings is 1. The standard InChI is InChI=1S/C20H26FN3O2S.C2HF3O2/c1-15-23-19(12-27-15)10-24-5-6-25-14-20(13-24)8-16(11-26-20)9-22-18-4-2-3-17(21)7-18;3-2(4,5)1(6)7/h2-4,7,12,16,22H,5-6,8-11,13-14H2,1H3;(H,6,7). The molecule has 2 unspecified atom stereocenters. The van der Waals surface area contributed by atoms with Crippen LogP contribution in [0.15, 0.2) is 29.6 Å². The van der Waals surface area contributed by atoms with E-state index in [0.29, 0.717) is 19.1 Å². The summed E-state index contributed by atoms with van der Waals surface area (Å²) in [5, 5.41) is 13.7. The van der Waals surface area contributed by atoms with Crippen molar-refractivity contribution >= 4 is 23.0 Å². The van der Waals surface area contributed by atoms with E-state index >= 15 is 0 Å². The summed E-state index contributed by atoms with van der Waals surface area (Å²) >= 11 is 1.69. The topological polar surface area (TPSA) is 83.9 Å². The van der Waals surface area contributed by atoms with Crippen molar-refractivity contribution in [2.75, 3.05) is 44.8 Å². The molecule has 3 heterocycles. The van der Waals surface area contributed by atoms with Crippen molar-refractivity contribution in [2.24, 2.45) is 5.92 Å². The van der Waals surface area contributed by atoms with Crippen molar-refractivity contribution < 1.29 is 36.9 Å². The number of alkyl halides is 3. The quantitative estimate of drug-likeness (QED) is 0.596. The number of halogens is 4. The molecule has 34 heavy (non-hydrogen) atoms. The van der Waals surface area contributed by atoms with Crippen LogP contribution in [0.1, 0.15) is 17.1 Å². The number of hydrogen-bond acceptors (Lipinski definition) is 7. The predicted molar refractivity (Wildman–Crippen MR) is 118 cm³/mol. The molecule has 2 aromatic rings. The second-order valence-corrected chi connectivity index (χ2v) is 9.44. The van der Waals surface area contributed by atoms with E-state index in [0.717, 1.165) is 55.6 Å². The Morgan fingerprint density at radius 3 is 2.82 bits per heavy atom. The molecule has 2 N–H and O–H groups in total. The Bertz CT molecular complexity index is 958. The van der Waals surface area contributed by atoms with Crippen molar-refractivity contribution in [1.29, 1.82) is 0 Å². The molecule has 2 aliphatic heterocycles. The number of rotatable bonds is 5. The number of thiazole rings is 1. The molecule has 1 spiro atoms. The summed E-state index contributed by atoms with van der Waals surface area (Å²) in [5.74, 6) is -2.59. The summed E-state index contributed by atoms with van der Waals surface area (Å²) < 4.78 is 57.2. The van der Waals surface area contributed by atoms with Crippen molar-refractivity contribution in [1.82, 2.24) is 9.88 Å². The predicted octanol–water partition coefficient (Wildman–Crippen LogP) is 3.94. The lowest BCUT2D eigenvalue weighted by Gasteiger charge is -2.30. The maximum absolute atomic E-state index is 13.3. The molecular formula is C22H27F4N3O4S. The number of hydrogen-bond donors (Lipinski definition) is 2. The lowest BCUT2D eigenvalue weighted by atomic mass is 9.94. The van der Waals surface area contributed by atoms with Gasteiger partial charge >= 0.3 is 12.1 Å². The number of nitrogens with zero attached hydrogens (tertiary/aromatic N) is 2. The molecule has 1 aromatic carbocycles. The molecule has 2 aliphatic rings. The molecule has 4 rings (SSSR count). The first-order valence-electron chi connectivity index (χ1n) is 10.7. The summed E-state index contributed by atoms with van der Waals surface area (Å²) in [6, 6.07) is 6.60. The van der Waals surface area contributed by atoms with E-state index in [-0.39, 0.29) is 11.4 Å². The summed E-state index contributed by atoms with van der Waals surface area (Å²) in [7, 11) is 0. The van der Waals surface area contributed by atoms with E-state index in [2.05, 4.69) is 20.6 Å². The van der Waals surface area contributed by atoms with Gasteiger partial charge in [0.05, 0.1) is 30.5 Å². The van der Waals surface area contributed by atoms with Crippen LogP contribution in [0.3, 0.4) is 0 Å². The van der Waals surface area contributed by atoms with E-state index in [4.69, 9.17) is 19.4 Å². The molecule has 7 nitrogen and oxygen atoms in total. The molecule has 0 bridgehead atoms. The van der Waals surface area contributed by atoms with E-state index in [9.17, 15) is 17.6 Å². The number of aliphatic carboxylic acids is 1. The Morgan fingerprint density at radius 2 is 2.18 bits per heavy atom. The minimum absolute atomic E-state index is 0.218. The maximum atomic E-state index is 13.3. The number of carboxylic acids is 1. The van der Waals surface area contributed by atoms with Gasteiger partial charge in [0.1, 0.15) is 11.4 Å². The van der Waals surface area contributed by atoms with Gasteiger partial charge in [0.15, 0.2) is 0 Å². The van der Waals surface area contributed by atoms with Gasteiger partial charge in [0.25, 0.3) is 0 Å². The zero-order valence-corrected chi connectivity index (χ0v) is 19.4. The first kappa shape index (κ1) is 26.3. The molecule has 2 saturated heterocycles. The minimum Gasteiger partial charge on any atom is -0.475 e. The Kier molecular flexibility index (Phi) is 8.85. The van der Waals surface area contributed by atoms with Crippen LogP contribution in [0.25, 0.3) is 0 Å². The molecular weight excluding hydrogens is 478 g/mol. The number of anilines is 1. The van der Waals surface area contributed by atoms with E-state index in [1.54, 1.807) is 17.4 Å². The highest BCUT2D eigenvalue weighted by molar-refractivity contribution is 7.09. The monoisotopic (exact) mass is 505 g/mol. The van der Waals surface area contributed by atoms with Crippen molar-refractivity contribution in [2.45, 2.75) is 31.7 Å². The second kappa shape index (κ2) is 11.4. The third-order valence-corrected chi connectivity index (χ3v) is 6.25. The van der Waals surface area contributed by atoms with Gasteiger partial charge < -0.3 is 19.9 Å². The van der Waals surface area contributed by atoms with Crippen molar-refractivity contribution in [3.05, 3.63) is 46.2 Å². The van der Waals surface area contributed by atoms with Crippen molar-refractivity contribution in [3.8, 4) is 0 Å². The van der Waals surface area contributed by atoms with Gasteiger partial charge in [-0.25, -0.2) is 14.2 Å². The second-order valence-electron chi connectivity index (χ2n) is 8.38. The smallest absolute Gasteiger partial charge is 0.475 e. The summed E-state index contributed by atoms with van der Waals surface area (Å²) in [5.41, 5.74) is 1.68. The third-order valence-electron chi connectivity index (χ3n) is 5.43. The zero-order valence-electron chi connectivity index (χ0n) is 18.6. The van der Waals surface area contributed by atoms with Gasteiger partial charge in [-0.1, -0.05) is 6.07 Å². The lowest BCUT2D eigenvalue weighted by molar-refractivity contribution is -0.192. The van der Waals surface area contributed by atoms with Gasteiger partial charge in [-0.2, -0.15) is 13.2 Å². The number of nitrogens with one attached hydrogen (secondary N) is 1. The number of carboxylic acid groups (broad SMARTS) is 1. The van der Waals surface area contributed by atoms with Gasteiger partial charge in [0, 0.05) is 43.2 Å². The van der Waals surface area contributed by atoms with Gasteiger partial charge in [-0.15, -0.1) is 11.3 Å². The van der Waals surface area contributed by atoms with Gasteiger partial charge in [-0.3, -0.25) is 4.90 Å². The molecule has 0 amide bonds. The minimum atomic E-state index is -5.08. The number of carbonyl (C=O) groups is 1. The highest BCUT2D eigenvalue weighted by Gasteiger charge is 2.43. The Hall–Kier alpha value is -2.28. The fourth-order valence-corrected chi connectivity index (χ4v) is 4.57. The highest BCUT2D eigenvalue weighted by Crippen LogP contribution is 2.33. The summed E-state index contributed by atoms with van der Waals surface area (Å²) in [6.45, 7) is 7.47. The highest BCUT2D eigenvalue weighted by atomic mass is 32.1. The van der Waals surface area contributed by atoms with Gasteiger partial charge in [-0.05, 0) is 31.5 Å². The Morgan fingerprint density at radius 1 is 1.41 bits per heavy atom. The number of aromatic nitrogens is 1. The van der Waals surface area contributed by atoms with Crippen LogP contribution in [0.5, 0.6) is 0 Å². The summed E-state index contributed by atoms with van der Waals surface area (Å²) in [4.78, 5) is 15.9. The van der Waals surface area contributed by atoms with Crippen molar-refractivity contribution in [3.63, 3.8) is 0 Å². The molecule has 2 fully saturated rings.